The highest BCUT2D eigenvalue weighted by molar-refractivity contribution is 7.47. The highest BCUT2D eigenvalue weighted by Gasteiger charge is 2.30. The standard InChI is InChI=1S/C69H134O17P2/c1-6-9-12-15-18-21-22-23-24-25-26-27-28-29-30-31-32-33-34-39-45-50-55-69(74)86-65(59-80-67(72)53-48-43-40-35-36-41-46-51-62(4)5)61-84-88(77,78)82-57-63(70)56-81-87(75,76)83-60-64(85-68(73)54-49-44-38-20-17-14-11-8-3)58-79-66(71)52-47-42-37-19-16-13-10-7-2/h62-65,70H,6-61H2,1-5H3,(H,75,76)(H,77,78)/t63-,64+,65+/m0/s1. The zero-order valence-corrected chi connectivity index (χ0v) is 58.6. The van der Waals surface area contributed by atoms with Gasteiger partial charge in [-0.3, -0.25) is 37.3 Å². The fourth-order valence-electron chi connectivity index (χ4n) is 10.5. The second kappa shape index (κ2) is 62.5. The Bertz CT molecular complexity index is 1700. The van der Waals surface area contributed by atoms with Gasteiger partial charge in [-0.05, 0) is 31.6 Å². The summed E-state index contributed by atoms with van der Waals surface area (Å²) < 4.78 is 68.0. The number of rotatable bonds is 69. The third kappa shape index (κ3) is 62.8. The Kier molecular flexibility index (Phi) is 61.1. The molecule has 0 heterocycles. The molecule has 17 nitrogen and oxygen atoms in total. The number of unbranched alkanes of at least 4 members (excludes halogenated alkanes) is 41. The number of aliphatic hydroxyl groups is 1. The summed E-state index contributed by atoms with van der Waals surface area (Å²) >= 11 is 0. The normalized spacial score (nSPS) is 14.1. The van der Waals surface area contributed by atoms with Crippen LogP contribution in [-0.2, 0) is 65.4 Å². The topological polar surface area (TPSA) is 237 Å². The fraction of sp³-hybridized carbons (Fsp3) is 0.942. The zero-order valence-electron chi connectivity index (χ0n) is 56.9. The van der Waals surface area contributed by atoms with E-state index in [9.17, 15) is 43.2 Å². The average molecular weight is 1300 g/mol. The molecule has 0 fully saturated rings. The molecule has 0 aromatic carbocycles. The smallest absolute Gasteiger partial charge is 0.462 e. The first-order valence-electron chi connectivity index (χ1n) is 36.1. The van der Waals surface area contributed by atoms with Gasteiger partial charge in [0.15, 0.2) is 12.2 Å². The number of ether oxygens (including phenoxy) is 4. The van der Waals surface area contributed by atoms with Gasteiger partial charge in [-0.15, -0.1) is 0 Å². The van der Waals surface area contributed by atoms with Crippen molar-refractivity contribution in [2.24, 2.45) is 5.92 Å². The molecule has 0 saturated heterocycles. The predicted molar refractivity (Wildman–Crippen MR) is 354 cm³/mol. The largest absolute Gasteiger partial charge is 0.472 e. The monoisotopic (exact) mass is 1300 g/mol. The second-order valence-corrected chi connectivity index (χ2v) is 28.3. The maximum absolute atomic E-state index is 13.0. The summed E-state index contributed by atoms with van der Waals surface area (Å²) in [6.07, 6.45) is 49.1. The van der Waals surface area contributed by atoms with Gasteiger partial charge < -0.3 is 33.8 Å². The van der Waals surface area contributed by atoms with Crippen molar-refractivity contribution >= 4 is 39.5 Å². The molecular weight excluding hydrogens is 1160 g/mol. The number of carbonyl (C=O) groups is 4. The summed E-state index contributed by atoms with van der Waals surface area (Å²) in [6.45, 7) is 7.12. The van der Waals surface area contributed by atoms with Crippen LogP contribution in [0, 0.1) is 5.92 Å². The lowest BCUT2D eigenvalue weighted by Gasteiger charge is -2.21. The maximum Gasteiger partial charge on any atom is 0.472 e. The number of aliphatic hydroxyl groups excluding tert-OH is 1. The summed E-state index contributed by atoms with van der Waals surface area (Å²) in [5.74, 6) is -1.43. The molecular formula is C69H134O17P2. The molecule has 0 spiro atoms. The van der Waals surface area contributed by atoms with Crippen LogP contribution in [0.25, 0.3) is 0 Å². The van der Waals surface area contributed by atoms with Crippen molar-refractivity contribution < 1.29 is 80.2 Å². The molecule has 88 heavy (non-hydrogen) atoms. The van der Waals surface area contributed by atoms with Crippen LogP contribution in [0.3, 0.4) is 0 Å². The van der Waals surface area contributed by atoms with Gasteiger partial charge in [-0.1, -0.05) is 304 Å². The van der Waals surface area contributed by atoms with Crippen LogP contribution in [-0.4, -0.2) is 96.7 Å². The Hall–Kier alpha value is -1.94. The lowest BCUT2D eigenvalue weighted by atomic mass is 10.0. The van der Waals surface area contributed by atoms with E-state index in [0.717, 1.165) is 109 Å². The Morgan fingerprint density at radius 3 is 0.773 bits per heavy atom. The number of phosphoric acid groups is 2. The van der Waals surface area contributed by atoms with Crippen molar-refractivity contribution in [3.8, 4) is 0 Å². The summed E-state index contributed by atoms with van der Waals surface area (Å²) in [4.78, 5) is 72.2. The van der Waals surface area contributed by atoms with Gasteiger partial charge in [0.25, 0.3) is 0 Å². The minimum atomic E-state index is -4.95. The van der Waals surface area contributed by atoms with Crippen molar-refractivity contribution in [1.82, 2.24) is 0 Å². The van der Waals surface area contributed by atoms with E-state index in [0.29, 0.717) is 31.6 Å². The van der Waals surface area contributed by atoms with Crippen molar-refractivity contribution in [2.45, 2.75) is 374 Å². The Morgan fingerprint density at radius 2 is 0.523 bits per heavy atom. The SMILES string of the molecule is CCCCCCCCCCCCCCCCCCCCCCCCC(=O)O[C@H](COC(=O)CCCCCCCCCC(C)C)COP(=O)(O)OC[C@@H](O)COP(=O)(O)OC[C@@H](COC(=O)CCCCCCCCCC)OC(=O)CCCCCCCCCC. The van der Waals surface area contributed by atoms with E-state index in [1.54, 1.807) is 0 Å². The second-order valence-electron chi connectivity index (χ2n) is 25.4. The molecule has 3 N–H and O–H groups in total. The number of hydrogen-bond donors (Lipinski definition) is 3. The van der Waals surface area contributed by atoms with E-state index >= 15 is 0 Å². The minimum Gasteiger partial charge on any atom is -0.462 e. The quantitative estimate of drug-likeness (QED) is 0.0222. The molecule has 0 radical (unpaired) electrons. The van der Waals surface area contributed by atoms with Crippen molar-refractivity contribution in [3.05, 3.63) is 0 Å². The molecule has 0 bridgehead atoms. The number of phosphoric ester groups is 2. The van der Waals surface area contributed by atoms with Crippen molar-refractivity contribution in [2.75, 3.05) is 39.6 Å². The Labute approximate surface area is 537 Å². The molecule has 522 valence electrons. The van der Waals surface area contributed by atoms with Gasteiger partial charge >= 0.3 is 39.5 Å². The number of hydrogen-bond acceptors (Lipinski definition) is 15. The van der Waals surface area contributed by atoms with E-state index in [1.807, 2.05) is 0 Å². The Balaban J connectivity index is 5.08. The van der Waals surface area contributed by atoms with E-state index in [2.05, 4.69) is 34.6 Å². The van der Waals surface area contributed by atoms with Gasteiger partial charge in [0.1, 0.15) is 19.3 Å². The first-order valence-corrected chi connectivity index (χ1v) is 39.1. The molecule has 2 unspecified atom stereocenters. The molecule has 19 heteroatoms. The molecule has 0 aromatic heterocycles. The summed E-state index contributed by atoms with van der Waals surface area (Å²) in [7, 11) is -9.89. The first-order chi connectivity index (χ1) is 42.5. The molecule has 0 aromatic rings. The minimum absolute atomic E-state index is 0.105. The highest BCUT2D eigenvalue weighted by atomic mass is 31.2. The molecule has 0 aliphatic rings. The predicted octanol–water partition coefficient (Wildman–Crippen LogP) is 19.7. The van der Waals surface area contributed by atoms with E-state index in [-0.39, 0.29) is 25.7 Å². The van der Waals surface area contributed by atoms with Gasteiger partial charge in [-0.2, -0.15) is 0 Å². The fourth-order valence-corrected chi connectivity index (χ4v) is 12.0. The molecule has 0 saturated carbocycles. The van der Waals surface area contributed by atoms with E-state index in [4.69, 9.17) is 37.0 Å². The first kappa shape index (κ1) is 86.1. The van der Waals surface area contributed by atoms with Crippen LogP contribution >= 0.6 is 15.6 Å². The van der Waals surface area contributed by atoms with Crippen LogP contribution in [0.2, 0.25) is 0 Å². The van der Waals surface area contributed by atoms with Gasteiger partial charge in [0.2, 0.25) is 0 Å². The highest BCUT2D eigenvalue weighted by Crippen LogP contribution is 2.45. The van der Waals surface area contributed by atoms with Crippen LogP contribution in [0.15, 0.2) is 0 Å². The van der Waals surface area contributed by atoms with Gasteiger partial charge in [0, 0.05) is 25.7 Å². The molecule has 0 aliphatic heterocycles. The molecule has 0 amide bonds. The summed E-state index contributed by atoms with van der Waals surface area (Å²) in [5, 5.41) is 10.5. The lowest BCUT2D eigenvalue weighted by molar-refractivity contribution is -0.161. The average Bonchev–Trinajstić information content (AvgIpc) is 3.49. The van der Waals surface area contributed by atoms with Crippen LogP contribution in [0.5, 0.6) is 0 Å². The van der Waals surface area contributed by atoms with Gasteiger partial charge in [-0.25, -0.2) is 9.13 Å². The van der Waals surface area contributed by atoms with Crippen molar-refractivity contribution in [3.63, 3.8) is 0 Å². The maximum atomic E-state index is 13.0. The number of esters is 4. The summed E-state index contributed by atoms with van der Waals surface area (Å²) in [5.41, 5.74) is 0. The van der Waals surface area contributed by atoms with Crippen LogP contribution in [0.1, 0.15) is 356 Å². The third-order valence-electron chi connectivity index (χ3n) is 16.0. The van der Waals surface area contributed by atoms with Crippen molar-refractivity contribution in [1.29, 1.82) is 0 Å². The molecule has 0 rings (SSSR count). The van der Waals surface area contributed by atoms with E-state index in [1.165, 1.54) is 161 Å². The third-order valence-corrected chi connectivity index (χ3v) is 17.9. The van der Waals surface area contributed by atoms with Crippen LogP contribution < -0.4 is 0 Å². The Morgan fingerprint density at radius 1 is 0.307 bits per heavy atom. The van der Waals surface area contributed by atoms with E-state index < -0.39 is 97.5 Å². The summed E-state index contributed by atoms with van der Waals surface area (Å²) in [6, 6.07) is 0. The zero-order chi connectivity index (χ0) is 64.9. The lowest BCUT2D eigenvalue weighted by Crippen LogP contribution is -2.30. The molecule has 5 atom stereocenters. The molecule has 0 aliphatic carbocycles. The van der Waals surface area contributed by atoms with Gasteiger partial charge in [0.05, 0.1) is 26.4 Å². The number of carbonyl (C=O) groups excluding carboxylic acids is 4. The van der Waals surface area contributed by atoms with Crippen LogP contribution in [0.4, 0.5) is 0 Å².